The lowest BCUT2D eigenvalue weighted by molar-refractivity contribution is 0.312. The smallest absolute Gasteiger partial charge is 0.243 e. The SMILES string of the molecule is Cc1ccc(F)cc1S(=O)(=O)N1CCN(c2ccc(N3CCN(C)CC3)nn2)CC1. The standard InChI is InChI=1S/C20H27FN6O2S/c1-16-3-4-17(21)15-18(16)30(28,29)27-13-11-26(12-14-27)20-6-5-19(22-23-20)25-9-7-24(2)8-10-25/h3-6,15H,7-14H2,1-2H3. The molecule has 0 spiro atoms. The molecular formula is C20H27FN6O2S. The van der Waals surface area contributed by atoms with Crippen molar-refractivity contribution in [3.05, 3.63) is 41.7 Å². The highest BCUT2D eigenvalue weighted by molar-refractivity contribution is 7.89. The lowest BCUT2D eigenvalue weighted by atomic mass is 10.2. The van der Waals surface area contributed by atoms with E-state index in [2.05, 4.69) is 27.0 Å². The Hall–Kier alpha value is -2.30. The molecule has 0 unspecified atom stereocenters. The van der Waals surface area contributed by atoms with Gasteiger partial charge in [0.15, 0.2) is 11.6 Å². The van der Waals surface area contributed by atoms with E-state index in [1.165, 1.54) is 16.4 Å². The van der Waals surface area contributed by atoms with Crippen LogP contribution in [0.5, 0.6) is 0 Å². The molecular weight excluding hydrogens is 407 g/mol. The largest absolute Gasteiger partial charge is 0.353 e. The van der Waals surface area contributed by atoms with Crippen LogP contribution in [0.4, 0.5) is 16.0 Å². The van der Waals surface area contributed by atoms with Crippen LogP contribution in [0.1, 0.15) is 5.56 Å². The number of hydrogen-bond donors (Lipinski definition) is 0. The van der Waals surface area contributed by atoms with Gasteiger partial charge in [-0.05, 0) is 43.8 Å². The summed E-state index contributed by atoms with van der Waals surface area (Å²) in [5, 5.41) is 8.75. The van der Waals surface area contributed by atoms with Crippen molar-refractivity contribution in [3.8, 4) is 0 Å². The highest BCUT2D eigenvalue weighted by atomic mass is 32.2. The second-order valence-corrected chi connectivity index (χ2v) is 9.75. The molecule has 1 aromatic heterocycles. The minimum Gasteiger partial charge on any atom is -0.353 e. The van der Waals surface area contributed by atoms with Crippen molar-refractivity contribution in [2.24, 2.45) is 0 Å². The molecule has 3 heterocycles. The lowest BCUT2D eigenvalue weighted by Crippen LogP contribution is -2.49. The Kier molecular flexibility index (Phi) is 5.90. The zero-order chi connectivity index (χ0) is 21.3. The van der Waals surface area contributed by atoms with Gasteiger partial charge in [-0.25, -0.2) is 12.8 Å². The first-order valence-corrected chi connectivity index (χ1v) is 11.6. The Morgan fingerprint density at radius 1 is 0.833 bits per heavy atom. The summed E-state index contributed by atoms with van der Waals surface area (Å²) in [5.41, 5.74) is 0.546. The first-order valence-electron chi connectivity index (χ1n) is 10.1. The Morgan fingerprint density at radius 2 is 1.37 bits per heavy atom. The van der Waals surface area contributed by atoms with E-state index in [-0.39, 0.29) is 4.90 Å². The number of hydrogen-bond acceptors (Lipinski definition) is 7. The monoisotopic (exact) mass is 434 g/mol. The van der Waals surface area contributed by atoms with Crippen LogP contribution in [0.25, 0.3) is 0 Å². The summed E-state index contributed by atoms with van der Waals surface area (Å²) in [6.07, 6.45) is 0. The van der Waals surface area contributed by atoms with Gasteiger partial charge in [-0.3, -0.25) is 0 Å². The maximum atomic E-state index is 13.6. The van der Waals surface area contributed by atoms with Crippen molar-refractivity contribution in [2.45, 2.75) is 11.8 Å². The van der Waals surface area contributed by atoms with Gasteiger partial charge < -0.3 is 14.7 Å². The summed E-state index contributed by atoms with van der Waals surface area (Å²) >= 11 is 0. The van der Waals surface area contributed by atoms with Crippen molar-refractivity contribution >= 4 is 21.7 Å². The van der Waals surface area contributed by atoms with Crippen LogP contribution in [0, 0.1) is 12.7 Å². The molecule has 0 N–H and O–H groups in total. The van der Waals surface area contributed by atoms with E-state index >= 15 is 0 Å². The van der Waals surface area contributed by atoms with Gasteiger partial charge in [-0.2, -0.15) is 4.31 Å². The quantitative estimate of drug-likeness (QED) is 0.716. The Labute approximate surface area is 176 Å². The fraction of sp³-hybridized carbons (Fsp3) is 0.500. The van der Waals surface area contributed by atoms with Crippen molar-refractivity contribution < 1.29 is 12.8 Å². The summed E-state index contributed by atoms with van der Waals surface area (Å²) in [4.78, 5) is 6.58. The highest BCUT2D eigenvalue weighted by Gasteiger charge is 2.30. The number of aryl methyl sites for hydroxylation is 1. The predicted octanol–water partition coefficient (Wildman–Crippen LogP) is 1.19. The fourth-order valence-electron chi connectivity index (χ4n) is 3.84. The topological polar surface area (TPSA) is 72.9 Å². The average molecular weight is 435 g/mol. The molecule has 10 heteroatoms. The molecule has 0 amide bonds. The molecule has 1 aromatic carbocycles. The maximum Gasteiger partial charge on any atom is 0.243 e. The number of piperazine rings is 2. The predicted molar refractivity (Wildman–Crippen MR) is 114 cm³/mol. The van der Waals surface area contributed by atoms with Gasteiger partial charge in [0.2, 0.25) is 10.0 Å². The minimum absolute atomic E-state index is 0.0345. The number of rotatable bonds is 4. The van der Waals surface area contributed by atoms with E-state index in [1.807, 2.05) is 17.0 Å². The lowest BCUT2D eigenvalue weighted by Gasteiger charge is -2.35. The fourth-order valence-corrected chi connectivity index (χ4v) is 5.50. The molecule has 2 fully saturated rings. The molecule has 30 heavy (non-hydrogen) atoms. The number of likely N-dealkylation sites (N-methyl/N-ethyl adjacent to an activating group) is 1. The second kappa shape index (κ2) is 8.44. The van der Waals surface area contributed by atoms with Crippen molar-refractivity contribution in [2.75, 3.05) is 69.2 Å². The number of halogens is 1. The molecule has 0 radical (unpaired) electrons. The van der Waals surface area contributed by atoms with Gasteiger partial charge in [-0.15, -0.1) is 10.2 Å². The van der Waals surface area contributed by atoms with E-state index in [1.54, 1.807) is 6.92 Å². The molecule has 0 saturated carbocycles. The summed E-state index contributed by atoms with van der Waals surface area (Å²) in [5.74, 6) is 1.06. The molecule has 0 bridgehead atoms. The van der Waals surface area contributed by atoms with Crippen LogP contribution in [0.3, 0.4) is 0 Å². The zero-order valence-electron chi connectivity index (χ0n) is 17.3. The van der Waals surface area contributed by atoms with E-state index in [9.17, 15) is 12.8 Å². The van der Waals surface area contributed by atoms with E-state index in [0.717, 1.165) is 43.9 Å². The molecule has 2 saturated heterocycles. The third-order valence-electron chi connectivity index (χ3n) is 5.79. The van der Waals surface area contributed by atoms with Gasteiger partial charge in [0.1, 0.15) is 5.82 Å². The number of nitrogens with zero attached hydrogens (tertiary/aromatic N) is 6. The zero-order valence-corrected chi connectivity index (χ0v) is 18.1. The van der Waals surface area contributed by atoms with Gasteiger partial charge in [0.25, 0.3) is 0 Å². The van der Waals surface area contributed by atoms with Gasteiger partial charge in [0.05, 0.1) is 4.90 Å². The van der Waals surface area contributed by atoms with Gasteiger partial charge >= 0.3 is 0 Å². The number of sulfonamides is 1. The van der Waals surface area contributed by atoms with Crippen LogP contribution < -0.4 is 9.80 Å². The highest BCUT2D eigenvalue weighted by Crippen LogP contribution is 2.24. The van der Waals surface area contributed by atoms with E-state index < -0.39 is 15.8 Å². The first kappa shape index (κ1) is 21.0. The number of benzene rings is 1. The molecule has 2 aliphatic rings. The number of aromatic nitrogens is 2. The third kappa shape index (κ3) is 4.26. The first-order chi connectivity index (χ1) is 14.3. The normalized spacial score (nSPS) is 19.3. The second-order valence-electron chi connectivity index (χ2n) is 7.84. The molecule has 0 atom stereocenters. The van der Waals surface area contributed by atoms with Crippen LogP contribution in [-0.4, -0.2) is 87.2 Å². The minimum atomic E-state index is -3.73. The molecule has 162 valence electrons. The van der Waals surface area contributed by atoms with Crippen molar-refractivity contribution in [1.29, 1.82) is 0 Å². The molecule has 8 nitrogen and oxygen atoms in total. The molecule has 2 aromatic rings. The molecule has 4 rings (SSSR count). The van der Waals surface area contributed by atoms with Crippen LogP contribution in [-0.2, 0) is 10.0 Å². The Morgan fingerprint density at radius 3 is 1.90 bits per heavy atom. The van der Waals surface area contributed by atoms with Crippen LogP contribution >= 0.6 is 0 Å². The van der Waals surface area contributed by atoms with Crippen LogP contribution in [0.2, 0.25) is 0 Å². The summed E-state index contributed by atoms with van der Waals surface area (Å²) < 4.78 is 40.9. The van der Waals surface area contributed by atoms with Crippen LogP contribution in [0.15, 0.2) is 35.2 Å². The van der Waals surface area contributed by atoms with Gasteiger partial charge in [-0.1, -0.05) is 6.07 Å². The summed E-state index contributed by atoms with van der Waals surface area (Å²) in [7, 11) is -1.61. The summed E-state index contributed by atoms with van der Waals surface area (Å²) in [6, 6.07) is 7.79. The Balaban J connectivity index is 1.40. The Bertz CT molecular complexity index is 985. The van der Waals surface area contributed by atoms with Crippen molar-refractivity contribution in [3.63, 3.8) is 0 Å². The van der Waals surface area contributed by atoms with E-state index in [0.29, 0.717) is 31.7 Å². The van der Waals surface area contributed by atoms with Gasteiger partial charge in [0, 0.05) is 52.4 Å². The van der Waals surface area contributed by atoms with Crippen molar-refractivity contribution in [1.82, 2.24) is 19.4 Å². The molecule has 2 aliphatic heterocycles. The molecule has 0 aliphatic carbocycles. The van der Waals surface area contributed by atoms with E-state index in [4.69, 9.17) is 0 Å². The average Bonchev–Trinajstić information content (AvgIpc) is 2.76. The maximum absolute atomic E-state index is 13.6. The summed E-state index contributed by atoms with van der Waals surface area (Å²) in [6.45, 7) is 7.21. The number of anilines is 2. The third-order valence-corrected chi connectivity index (χ3v) is 7.83.